The Morgan fingerprint density at radius 2 is 1.04 bits per heavy atom. The number of nitrogens with zero attached hydrogens (tertiary/aromatic N) is 2. The summed E-state index contributed by atoms with van der Waals surface area (Å²) in [6, 6.07) is 15.3. The molecule has 0 radical (unpaired) electrons. The second-order valence-corrected chi connectivity index (χ2v) is 5.31. The van der Waals surface area contributed by atoms with Gasteiger partial charge in [0.2, 0.25) is 0 Å². The number of anilines is 2. The van der Waals surface area contributed by atoms with Crippen LogP contribution in [0.2, 0.25) is 0 Å². The van der Waals surface area contributed by atoms with Crippen LogP contribution in [0.1, 0.15) is 21.0 Å². The zero-order chi connectivity index (χ0) is 18.5. The van der Waals surface area contributed by atoms with Crippen molar-refractivity contribution in [3.8, 4) is 0 Å². The van der Waals surface area contributed by atoms with Crippen LogP contribution in [-0.2, 0) is 0 Å². The second-order valence-electron chi connectivity index (χ2n) is 5.31. The summed E-state index contributed by atoms with van der Waals surface area (Å²) in [5.41, 5.74) is 0.841. The molecule has 0 unspecified atom stereocenters. The monoisotopic (exact) mass is 350 g/mol. The summed E-state index contributed by atoms with van der Waals surface area (Å²) in [4.78, 5) is 24.2. The lowest BCUT2D eigenvalue weighted by Gasteiger charge is -2.08. The Kier molecular flexibility index (Phi) is 4.75. The Bertz CT molecular complexity index is 879. The van der Waals surface area contributed by atoms with Crippen LogP contribution in [0.15, 0.2) is 73.1 Å². The molecule has 0 bridgehead atoms. The molecule has 0 spiro atoms. The van der Waals surface area contributed by atoms with Crippen LogP contribution in [0.5, 0.6) is 0 Å². The molecule has 1 aromatic carbocycles. The third-order valence-electron chi connectivity index (χ3n) is 3.51. The summed E-state index contributed by atoms with van der Waals surface area (Å²) in [6.07, 6.45) is 2.47. The minimum Gasteiger partial charge on any atom is -0.618 e. The molecular formula is C18H14N4O4. The van der Waals surface area contributed by atoms with E-state index in [2.05, 4.69) is 10.6 Å². The van der Waals surface area contributed by atoms with Gasteiger partial charge in [0.1, 0.15) is 0 Å². The predicted molar refractivity (Wildman–Crippen MR) is 93.2 cm³/mol. The van der Waals surface area contributed by atoms with Crippen molar-refractivity contribution in [1.82, 2.24) is 0 Å². The number of carbonyl (C=O) groups excluding carboxylic acids is 2. The Labute approximate surface area is 148 Å². The van der Waals surface area contributed by atoms with Crippen molar-refractivity contribution in [2.45, 2.75) is 0 Å². The van der Waals surface area contributed by atoms with Crippen molar-refractivity contribution in [1.29, 1.82) is 0 Å². The zero-order valence-corrected chi connectivity index (χ0v) is 13.5. The summed E-state index contributed by atoms with van der Waals surface area (Å²) >= 11 is 0. The highest BCUT2D eigenvalue weighted by molar-refractivity contribution is 6.03. The number of benzene rings is 1. The van der Waals surface area contributed by atoms with Crippen LogP contribution in [0.3, 0.4) is 0 Å². The number of hydrogen-bond acceptors (Lipinski definition) is 4. The molecule has 2 amide bonds. The molecule has 8 heteroatoms. The SMILES string of the molecule is O=C(Nc1ccc(NC(=O)c2cccc[n+]2[O-])cc1)c1cccc[n+]1[O-]. The van der Waals surface area contributed by atoms with E-state index >= 15 is 0 Å². The fraction of sp³-hybridized carbons (Fsp3) is 0. The molecule has 0 saturated carbocycles. The topological polar surface area (TPSA) is 112 Å². The molecule has 3 rings (SSSR count). The lowest BCUT2D eigenvalue weighted by molar-refractivity contribution is -0.607. The number of nitrogens with one attached hydrogen (secondary N) is 2. The van der Waals surface area contributed by atoms with Crippen molar-refractivity contribution in [3.05, 3.63) is 94.9 Å². The minimum absolute atomic E-state index is 0.0334. The maximum absolute atomic E-state index is 12.1. The van der Waals surface area contributed by atoms with Gasteiger partial charge in [0.25, 0.3) is 11.4 Å². The maximum atomic E-state index is 12.1. The van der Waals surface area contributed by atoms with Gasteiger partial charge in [-0.1, -0.05) is 0 Å². The van der Waals surface area contributed by atoms with Gasteiger partial charge >= 0.3 is 11.8 Å². The van der Waals surface area contributed by atoms with Crippen molar-refractivity contribution in [2.75, 3.05) is 10.6 Å². The van der Waals surface area contributed by atoms with E-state index in [9.17, 15) is 20.0 Å². The van der Waals surface area contributed by atoms with Gasteiger partial charge in [-0.2, -0.15) is 9.46 Å². The van der Waals surface area contributed by atoms with E-state index in [-0.39, 0.29) is 11.4 Å². The van der Waals surface area contributed by atoms with Gasteiger partial charge < -0.3 is 21.0 Å². The van der Waals surface area contributed by atoms with Gasteiger partial charge in [0.15, 0.2) is 12.4 Å². The summed E-state index contributed by atoms with van der Waals surface area (Å²) in [6.45, 7) is 0. The number of rotatable bonds is 4. The first-order valence-corrected chi connectivity index (χ1v) is 7.64. The molecule has 26 heavy (non-hydrogen) atoms. The molecule has 130 valence electrons. The first-order chi connectivity index (χ1) is 12.5. The Hall–Kier alpha value is -3.94. The third-order valence-corrected chi connectivity index (χ3v) is 3.51. The normalized spacial score (nSPS) is 10.2. The van der Waals surface area contributed by atoms with Crippen molar-refractivity contribution in [2.24, 2.45) is 0 Å². The number of carbonyl (C=O) groups is 2. The number of pyridine rings is 2. The lowest BCUT2D eigenvalue weighted by Crippen LogP contribution is -2.36. The number of aromatic nitrogens is 2. The van der Waals surface area contributed by atoms with E-state index in [1.54, 1.807) is 36.4 Å². The molecule has 0 fully saturated rings. The predicted octanol–water partition coefficient (Wildman–Crippen LogP) is 1.46. The molecule has 0 aliphatic carbocycles. The standard InChI is InChI=1S/C18H14N4O4/c23-17(15-5-1-3-11-21(15)25)19-13-7-9-14(10-8-13)20-18(24)16-6-2-4-12-22(16)26/h1-12H,(H,19,23)(H,20,24). The smallest absolute Gasteiger partial charge is 0.321 e. The van der Waals surface area contributed by atoms with E-state index in [1.807, 2.05) is 0 Å². The zero-order valence-electron chi connectivity index (χ0n) is 13.5. The first-order valence-electron chi connectivity index (χ1n) is 7.64. The van der Waals surface area contributed by atoms with Crippen LogP contribution in [0, 0.1) is 10.4 Å². The van der Waals surface area contributed by atoms with Gasteiger partial charge in [-0.15, -0.1) is 0 Å². The van der Waals surface area contributed by atoms with Crippen LogP contribution in [0.25, 0.3) is 0 Å². The lowest BCUT2D eigenvalue weighted by atomic mass is 10.2. The van der Waals surface area contributed by atoms with Crippen molar-refractivity contribution >= 4 is 23.2 Å². The fourth-order valence-electron chi connectivity index (χ4n) is 2.24. The molecule has 0 aliphatic heterocycles. The summed E-state index contributed by atoms with van der Waals surface area (Å²) in [7, 11) is 0. The number of amides is 2. The minimum atomic E-state index is -0.547. The third kappa shape index (κ3) is 3.75. The van der Waals surface area contributed by atoms with Crippen LogP contribution >= 0.6 is 0 Å². The van der Waals surface area contributed by atoms with Gasteiger partial charge in [0.05, 0.1) is 0 Å². The molecular weight excluding hydrogens is 336 g/mol. The van der Waals surface area contributed by atoms with E-state index in [1.165, 1.54) is 36.7 Å². The molecule has 2 N–H and O–H groups in total. The van der Waals surface area contributed by atoms with Crippen molar-refractivity contribution < 1.29 is 19.0 Å². The van der Waals surface area contributed by atoms with Crippen LogP contribution < -0.4 is 20.1 Å². The fourth-order valence-corrected chi connectivity index (χ4v) is 2.24. The summed E-state index contributed by atoms with van der Waals surface area (Å²) < 4.78 is 0.948. The number of hydrogen-bond donors (Lipinski definition) is 2. The Balaban J connectivity index is 1.67. The van der Waals surface area contributed by atoms with E-state index < -0.39 is 11.8 Å². The van der Waals surface area contributed by atoms with Crippen LogP contribution in [-0.4, -0.2) is 11.8 Å². The summed E-state index contributed by atoms with van der Waals surface area (Å²) in [5, 5.41) is 28.3. The first kappa shape index (κ1) is 16.9. The second kappa shape index (κ2) is 7.31. The van der Waals surface area contributed by atoms with E-state index in [0.717, 1.165) is 0 Å². The molecule has 3 aromatic rings. The Morgan fingerprint density at radius 1 is 0.654 bits per heavy atom. The van der Waals surface area contributed by atoms with E-state index in [0.29, 0.717) is 20.8 Å². The molecule has 0 atom stereocenters. The highest BCUT2D eigenvalue weighted by Crippen LogP contribution is 2.15. The molecule has 0 saturated heterocycles. The molecule has 0 aliphatic rings. The average molecular weight is 350 g/mol. The largest absolute Gasteiger partial charge is 0.618 e. The Morgan fingerprint density at radius 3 is 1.38 bits per heavy atom. The van der Waals surface area contributed by atoms with Crippen LogP contribution in [0.4, 0.5) is 11.4 Å². The van der Waals surface area contributed by atoms with Gasteiger partial charge in [0, 0.05) is 35.6 Å². The quantitative estimate of drug-likeness (QED) is 0.548. The van der Waals surface area contributed by atoms with Gasteiger partial charge in [-0.25, -0.2) is 0 Å². The van der Waals surface area contributed by atoms with E-state index in [4.69, 9.17) is 0 Å². The highest BCUT2D eigenvalue weighted by Gasteiger charge is 2.16. The molecule has 8 nitrogen and oxygen atoms in total. The molecule has 2 heterocycles. The highest BCUT2D eigenvalue weighted by atomic mass is 16.5. The molecule has 2 aromatic heterocycles. The average Bonchev–Trinajstić information content (AvgIpc) is 2.64. The van der Waals surface area contributed by atoms with Crippen molar-refractivity contribution in [3.63, 3.8) is 0 Å². The summed E-state index contributed by atoms with van der Waals surface area (Å²) in [5.74, 6) is -1.09. The van der Waals surface area contributed by atoms with Gasteiger partial charge in [-0.3, -0.25) is 9.59 Å². The maximum Gasteiger partial charge on any atom is 0.321 e. The van der Waals surface area contributed by atoms with Gasteiger partial charge in [-0.05, 0) is 36.4 Å².